The predicted molar refractivity (Wildman–Crippen MR) is 301 cm³/mol. The molecule has 0 atom stereocenters. The van der Waals surface area contributed by atoms with Gasteiger partial charge in [0.2, 0.25) is 0 Å². The molecule has 3 nitrogen and oxygen atoms in total. The van der Waals surface area contributed by atoms with E-state index in [1.807, 2.05) is 127 Å². The zero-order valence-electron chi connectivity index (χ0n) is 38.8. The lowest BCUT2D eigenvalue weighted by molar-refractivity contribution is 0.592. The molecule has 0 aliphatic rings. The first-order chi connectivity index (χ1) is 34.9. The first kappa shape index (κ1) is 43.9. The molecule has 0 saturated heterocycles. The molecule has 0 spiro atoms. The van der Waals surface area contributed by atoms with Crippen LogP contribution in [-0.2, 0) is 9.13 Å². The van der Waals surface area contributed by atoms with Gasteiger partial charge >= 0.3 is 0 Å². The Balaban J connectivity index is 1.14. The van der Waals surface area contributed by atoms with Gasteiger partial charge in [-0.3, -0.25) is 0 Å². The molecule has 0 radical (unpaired) electrons. The van der Waals surface area contributed by atoms with Crippen molar-refractivity contribution >= 4 is 67.9 Å². The normalized spacial score (nSPS) is 11.8. The van der Waals surface area contributed by atoms with E-state index in [-0.39, 0.29) is 0 Å². The zero-order valence-corrected chi connectivity index (χ0v) is 40.6. The maximum Gasteiger partial charge on any atom is 0.171 e. The van der Waals surface area contributed by atoms with Crippen LogP contribution in [0, 0.1) is 0 Å². The highest BCUT2D eigenvalue weighted by Crippen LogP contribution is 2.48. The van der Waals surface area contributed by atoms with Crippen LogP contribution in [0.1, 0.15) is 0 Å². The lowest BCUT2D eigenvalue weighted by Gasteiger charge is -2.26. The van der Waals surface area contributed by atoms with Crippen molar-refractivity contribution in [2.45, 2.75) is 0 Å². The fourth-order valence-corrected chi connectivity index (χ4v) is 15.6. The minimum Gasteiger partial charge on any atom is -0.309 e. The molecule has 0 N–H and O–H groups in total. The van der Waals surface area contributed by atoms with E-state index < -0.39 is 14.3 Å². The van der Waals surface area contributed by atoms with E-state index in [1.165, 1.54) is 0 Å². The van der Waals surface area contributed by atoms with Gasteiger partial charge in [0.25, 0.3) is 0 Å². The largest absolute Gasteiger partial charge is 0.309 e. The fraction of sp³-hybridized carbons (Fsp3) is 0. The van der Waals surface area contributed by atoms with Crippen molar-refractivity contribution in [3.05, 3.63) is 285 Å². The zero-order chi connectivity index (χ0) is 47.8. The third kappa shape index (κ3) is 8.00. The molecule has 0 fully saturated rings. The summed E-state index contributed by atoms with van der Waals surface area (Å²) in [5.74, 6) is 0. The third-order valence-corrected chi connectivity index (χ3v) is 19.9. The topological polar surface area (TPSA) is 39.1 Å². The molecule has 0 bridgehead atoms. The van der Waals surface area contributed by atoms with Crippen LogP contribution >= 0.6 is 14.3 Å². The molecule has 0 amide bonds. The summed E-state index contributed by atoms with van der Waals surface area (Å²) < 4.78 is 36.7. The van der Waals surface area contributed by atoms with Crippen molar-refractivity contribution in [2.24, 2.45) is 0 Å². The summed E-state index contributed by atoms with van der Waals surface area (Å²) in [6, 6.07) is 96.8. The highest BCUT2D eigenvalue weighted by atomic mass is 31.2. The van der Waals surface area contributed by atoms with Crippen LogP contribution in [0.2, 0.25) is 0 Å². The minimum atomic E-state index is -3.76. The van der Waals surface area contributed by atoms with Crippen molar-refractivity contribution in [1.82, 2.24) is 4.57 Å². The van der Waals surface area contributed by atoms with E-state index in [2.05, 4.69) is 162 Å². The number of nitrogens with zero attached hydrogens (tertiary/aromatic N) is 1. The molecule has 71 heavy (non-hydrogen) atoms. The third-order valence-electron chi connectivity index (χ3n) is 13.8. The molecular formula is C66H47NO2P2. The van der Waals surface area contributed by atoms with E-state index in [1.54, 1.807) is 0 Å². The van der Waals surface area contributed by atoms with Crippen LogP contribution in [0.5, 0.6) is 0 Å². The monoisotopic (exact) mass is 947 g/mol. The maximum atomic E-state index is 17.2. The smallest absolute Gasteiger partial charge is 0.171 e. The maximum absolute atomic E-state index is 17.2. The Morgan fingerprint density at radius 1 is 0.225 bits per heavy atom. The number of para-hydroxylation sites is 2. The number of fused-ring (bicyclic) bond motifs is 3. The highest BCUT2D eigenvalue weighted by Gasteiger charge is 2.36. The molecule has 1 heterocycles. The fourth-order valence-electron chi connectivity index (χ4n) is 10.1. The number of benzene rings is 11. The lowest BCUT2D eigenvalue weighted by Crippen LogP contribution is -2.31. The summed E-state index contributed by atoms with van der Waals surface area (Å²) in [6.07, 6.45) is 0. The average molecular weight is 948 g/mol. The Morgan fingerprint density at radius 2 is 0.465 bits per heavy atom. The Kier molecular flexibility index (Phi) is 11.5. The number of hydrogen-bond donors (Lipinski definition) is 0. The standard InChI is InChI=1S/C66H47NO2P2/c68-70(57-37-29-52(30-38-57)48-17-5-1-6-18-48,58-39-31-53(32-40-58)49-19-7-2-8-20-49)61-45-56(67-65-27-15-13-25-63(65)64-26-14-16-28-66(64)67)46-62(47-61)71(69,59-41-33-54(34-42-59)50-21-9-3-10-22-50)60-43-35-55(36-44-60)51-23-11-4-12-24-51/h1-47H. The van der Waals surface area contributed by atoms with Gasteiger partial charge in [0.1, 0.15) is 0 Å². The summed E-state index contributed by atoms with van der Waals surface area (Å²) in [4.78, 5) is 0. The molecule has 11 aromatic carbocycles. The van der Waals surface area contributed by atoms with Crippen molar-refractivity contribution < 1.29 is 9.13 Å². The Bertz CT molecular complexity index is 3500. The van der Waals surface area contributed by atoms with Crippen molar-refractivity contribution in [1.29, 1.82) is 0 Å². The molecule has 338 valence electrons. The number of hydrogen-bond acceptors (Lipinski definition) is 2. The molecule has 0 saturated carbocycles. The summed E-state index contributed by atoms with van der Waals surface area (Å²) in [7, 11) is -7.52. The quantitative estimate of drug-likeness (QED) is 0.121. The number of rotatable bonds is 11. The van der Waals surface area contributed by atoms with Crippen LogP contribution < -0.4 is 31.8 Å². The SMILES string of the molecule is O=P(c1ccc(-c2ccccc2)cc1)(c1ccc(-c2ccccc2)cc1)c1cc(-n2c3ccccc3c3ccccc32)cc(P(=O)(c2ccc(-c3ccccc3)cc2)c2ccc(-c3ccccc3)cc2)c1. The molecule has 1 aromatic heterocycles. The van der Waals surface area contributed by atoms with Crippen LogP contribution in [0.3, 0.4) is 0 Å². The van der Waals surface area contributed by atoms with Gasteiger partial charge in [0.05, 0.1) is 11.0 Å². The Labute approximate surface area is 414 Å². The van der Waals surface area contributed by atoms with E-state index in [0.29, 0.717) is 31.8 Å². The first-order valence-corrected chi connectivity index (χ1v) is 27.4. The molecule has 12 aromatic rings. The van der Waals surface area contributed by atoms with E-state index in [4.69, 9.17) is 0 Å². The highest BCUT2D eigenvalue weighted by molar-refractivity contribution is 7.86. The van der Waals surface area contributed by atoms with Crippen LogP contribution in [0.15, 0.2) is 285 Å². The van der Waals surface area contributed by atoms with Crippen molar-refractivity contribution in [2.75, 3.05) is 0 Å². The molecule has 5 heteroatoms. The average Bonchev–Trinajstić information content (AvgIpc) is 3.80. The minimum absolute atomic E-state index is 0.592. The van der Waals surface area contributed by atoms with Crippen LogP contribution in [0.4, 0.5) is 0 Å². The molecule has 0 aliphatic heterocycles. The summed E-state index contributed by atoms with van der Waals surface area (Å²) in [5, 5.41) is 6.12. The predicted octanol–water partition coefficient (Wildman–Crippen LogP) is 14.7. The van der Waals surface area contributed by atoms with Gasteiger partial charge in [-0.2, -0.15) is 0 Å². The van der Waals surface area contributed by atoms with Gasteiger partial charge in [-0.05, 0) is 74.8 Å². The Morgan fingerprint density at radius 3 is 0.746 bits per heavy atom. The van der Waals surface area contributed by atoms with E-state index in [9.17, 15) is 0 Å². The molecule has 0 aliphatic carbocycles. The number of aromatic nitrogens is 1. The summed E-state index contributed by atoms with van der Waals surface area (Å²) in [6.45, 7) is 0. The Hall–Kier alpha value is -8.32. The molecule has 12 rings (SSSR count). The summed E-state index contributed by atoms with van der Waals surface area (Å²) in [5.41, 5.74) is 11.2. The van der Waals surface area contributed by atoms with Gasteiger partial charge in [-0.1, -0.05) is 255 Å². The second kappa shape index (κ2) is 18.5. The first-order valence-electron chi connectivity index (χ1n) is 23.9. The molecule has 0 unspecified atom stereocenters. The van der Waals surface area contributed by atoms with Gasteiger partial charge in [-0.25, -0.2) is 0 Å². The second-order valence-electron chi connectivity index (χ2n) is 17.9. The summed E-state index contributed by atoms with van der Waals surface area (Å²) >= 11 is 0. The van der Waals surface area contributed by atoms with Crippen LogP contribution in [-0.4, -0.2) is 4.57 Å². The van der Waals surface area contributed by atoms with Gasteiger partial charge in [0.15, 0.2) is 14.3 Å². The van der Waals surface area contributed by atoms with Crippen molar-refractivity contribution in [3.63, 3.8) is 0 Å². The van der Waals surface area contributed by atoms with Crippen molar-refractivity contribution in [3.8, 4) is 50.2 Å². The molecular weight excluding hydrogens is 901 g/mol. The van der Waals surface area contributed by atoms with E-state index in [0.717, 1.165) is 72.0 Å². The van der Waals surface area contributed by atoms with Gasteiger partial charge in [0, 0.05) is 48.3 Å². The van der Waals surface area contributed by atoms with Crippen LogP contribution in [0.25, 0.3) is 72.0 Å². The van der Waals surface area contributed by atoms with E-state index >= 15 is 9.13 Å². The second-order valence-corrected chi connectivity index (χ2v) is 23.5. The van der Waals surface area contributed by atoms with Gasteiger partial charge in [-0.15, -0.1) is 0 Å². The lowest BCUT2D eigenvalue weighted by atomic mass is 10.1. The van der Waals surface area contributed by atoms with Gasteiger partial charge < -0.3 is 13.7 Å².